The summed E-state index contributed by atoms with van der Waals surface area (Å²) < 4.78 is 5.52. The zero-order valence-electron chi connectivity index (χ0n) is 14.3. The molecule has 5 heteroatoms. The van der Waals surface area contributed by atoms with E-state index < -0.39 is 11.6 Å². The van der Waals surface area contributed by atoms with Crippen LogP contribution in [0.5, 0.6) is 0 Å². The molecule has 0 spiro atoms. The standard InChI is InChI=1S/C18H25NO4/c1-12-5-7-14-10-13(6-8-16(20)21)11-19(15(14)9-12)17(22)23-18(2,3)4/h5,7,9,13H,6,8,10-11H2,1-4H3,(H,20,21)/t13-/m1/s1. The maximum atomic E-state index is 12.6. The molecule has 1 aromatic carbocycles. The van der Waals surface area contributed by atoms with E-state index in [1.54, 1.807) is 4.90 Å². The highest BCUT2D eigenvalue weighted by molar-refractivity contribution is 5.89. The van der Waals surface area contributed by atoms with Gasteiger partial charge in [0.2, 0.25) is 0 Å². The predicted molar refractivity (Wildman–Crippen MR) is 88.8 cm³/mol. The molecular formula is C18H25NO4. The Kier molecular flexibility index (Phi) is 4.97. The molecule has 23 heavy (non-hydrogen) atoms. The number of hydrogen-bond acceptors (Lipinski definition) is 3. The number of anilines is 1. The largest absolute Gasteiger partial charge is 0.481 e. The van der Waals surface area contributed by atoms with Crippen LogP contribution in [0.25, 0.3) is 0 Å². The van der Waals surface area contributed by atoms with Crippen molar-refractivity contribution < 1.29 is 19.4 Å². The third-order valence-corrected chi connectivity index (χ3v) is 3.86. The van der Waals surface area contributed by atoms with Crippen LogP contribution in [0, 0.1) is 12.8 Å². The minimum absolute atomic E-state index is 0.119. The monoisotopic (exact) mass is 319 g/mol. The van der Waals surface area contributed by atoms with Gasteiger partial charge in [-0.05, 0) is 63.6 Å². The summed E-state index contributed by atoms with van der Waals surface area (Å²) in [5, 5.41) is 8.90. The van der Waals surface area contributed by atoms with E-state index in [1.165, 1.54) is 0 Å². The Morgan fingerprint density at radius 3 is 2.65 bits per heavy atom. The van der Waals surface area contributed by atoms with Crippen LogP contribution >= 0.6 is 0 Å². The van der Waals surface area contributed by atoms with Crippen LogP contribution in [-0.4, -0.2) is 29.3 Å². The number of aryl methyl sites for hydroxylation is 1. The molecule has 0 aromatic heterocycles. The van der Waals surface area contributed by atoms with E-state index in [2.05, 4.69) is 0 Å². The summed E-state index contributed by atoms with van der Waals surface area (Å²) in [5.41, 5.74) is 2.48. The van der Waals surface area contributed by atoms with Crippen molar-refractivity contribution in [2.24, 2.45) is 5.92 Å². The maximum Gasteiger partial charge on any atom is 0.414 e. The summed E-state index contributed by atoms with van der Waals surface area (Å²) in [6.45, 7) is 8.01. The van der Waals surface area contributed by atoms with Crippen molar-refractivity contribution in [3.63, 3.8) is 0 Å². The SMILES string of the molecule is Cc1ccc2c(c1)N(C(=O)OC(C)(C)C)C[C@H](CCC(=O)O)C2. The van der Waals surface area contributed by atoms with Gasteiger partial charge in [0, 0.05) is 13.0 Å². The van der Waals surface area contributed by atoms with E-state index in [1.807, 2.05) is 45.9 Å². The molecule has 0 unspecified atom stereocenters. The summed E-state index contributed by atoms with van der Waals surface area (Å²) in [7, 11) is 0. The van der Waals surface area contributed by atoms with Crippen LogP contribution in [0.15, 0.2) is 18.2 Å². The van der Waals surface area contributed by atoms with Gasteiger partial charge in [0.1, 0.15) is 5.60 Å². The van der Waals surface area contributed by atoms with Crippen molar-refractivity contribution in [3.8, 4) is 0 Å². The van der Waals surface area contributed by atoms with Gasteiger partial charge in [-0.2, -0.15) is 0 Å². The first-order chi connectivity index (χ1) is 10.7. The Bertz CT molecular complexity index is 604. The Hall–Kier alpha value is -2.04. The molecule has 0 saturated heterocycles. The topological polar surface area (TPSA) is 66.8 Å². The molecule has 1 N–H and O–H groups in total. The van der Waals surface area contributed by atoms with E-state index in [9.17, 15) is 9.59 Å². The van der Waals surface area contributed by atoms with Gasteiger partial charge in [-0.1, -0.05) is 12.1 Å². The van der Waals surface area contributed by atoms with Crippen LogP contribution in [0.3, 0.4) is 0 Å². The third kappa shape index (κ3) is 4.71. The zero-order valence-corrected chi connectivity index (χ0v) is 14.3. The Morgan fingerprint density at radius 2 is 2.04 bits per heavy atom. The minimum Gasteiger partial charge on any atom is -0.481 e. The second-order valence-corrected chi connectivity index (χ2v) is 7.23. The molecule has 0 bridgehead atoms. The Balaban J connectivity index is 2.25. The Morgan fingerprint density at radius 1 is 1.35 bits per heavy atom. The number of fused-ring (bicyclic) bond motifs is 1. The molecule has 1 aliphatic heterocycles. The van der Waals surface area contributed by atoms with Crippen LogP contribution in [0.2, 0.25) is 0 Å². The van der Waals surface area contributed by atoms with E-state index in [0.717, 1.165) is 23.2 Å². The van der Waals surface area contributed by atoms with Crippen molar-refractivity contribution in [1.29, 1.82) is 0 Å². The lowest BCUT2D eigenvalue weighted by atomic mass is 9.89. The number of carbonyl (C=O) groups excluding carboxylic acids is 1. The first kappa shape index (κ1) is 17.3. The normalized spacial score (nSPS) is 17.6. The van der Waals surface area contributed by atoms with Gasteiger partial charge < -0.3 is 9.84 Å². The van der Waals surface area contributed by atoms with Gasteiger partial charge in [0.25, 0.3) is 0 Å². The van der Waals surface area contributed by atoms with E-state index in [0.29, 0.717) is 13.0 Å². The van der Waals surface area contributed by atoms with Gasteiger partial charge in [-0.25, -0.2) is 4.79 Å². The fraction of sp³-hybridized carbons (Fsp3) is 0.556. The molecule has 2 rings (SSSR count). The Labute approximate surface area is 137 Å². The number of rotatable bonds is 3. The molecule has 0 saturated carbocycles. The lowest BCUT2D eigenvalue weighted by molar-refractivity contribution is -0.137. The molecule has 1 atom stereocenters. The lowest BCUT2D eigenvalue weighted by Gasteiger charge is -2.35. The maximum absolute atomic E-state index is 12.6. The number of ether oxygens (including phenoxy) is 1. The number of carbonyl (C=O) groups is 2. The molecular weight excluding hydrogens is 294 g/mol. The van der Waals surface area contributed by atoms with Crippen LogP contribution in [-0.2, 0) is 16.0 Å². The third-order valence-electron chi connectivity index (χ3n) is 3.86. The molecule has 126 valence electrons. The number of amides is 1. The van der Waals surface area contributed by atoms with Crippen molar-refractivity contribution in [2.75, 3.05) is 11.4 Å². The first-order valence-corrected chi connectivity index (χ1v) is 7.97. The van der Waals surface area contributed by atoms with Crippen LogP contribution in [0.1, 0.15) is 44.7 Å². The van der Waals surface area contributed by atoms with Crippen molar-refractivity contribution >= 4 is 17.7 Å². The predicted octanol–water partition coefficient (Wildman–Crippen LogP) is 3.77. The molecule has 0 fully saturated rings. The summed E-state index contributed by atoms with van der Waals surface area (Å²) in [6, 6.07) is 6.04. The van der Waals surface area contributed by atoms with Gasteiger partial charge in [0.05, 0.1) is 5.69 Å². The lowest BCUT2D eigenvalue weighted by Crippen LogP contribution is -2.43. The second kappa shape index (κ2) is 6.60. The van der Waals surface area contributed by atoms with E-state index in [-0.39, 0.29) is 18.4 Å². The molecule has 1 amide bonds. The van der Waals surface area contributed by atoms with E-state index in [4.69, 9.17) is 9.84 Å². The molecule has 0 aliphatic carbocycles. The fourth-order valence-corrected chi connectivity index (χ4v) is 2.84. The van der Waals surface area contributed by atoms with Crippen molar-refractivity contribution in [1.82, 2.24) is 0 Å². The van der Waals surface area contributed by atoms with Crippen LogP contribution in [0.4, 0.5) is 10.5 Å². The fourth-order valence-electron chi connectivity index (χ4n) is 2.84. The molecule has 5 nitrogen and oxygen atoms in total. The summed E-state index contributed by atoms with van der Waals surface area (Å²) in [4.78, 5) is 25.0. The molecule has 1 aliphatic rings. The van der Waals surface area contributed by atoms with Gasteiger partial charge in [0.15, 0.2) is 0 Å². The van der Waals surface area contributed by atoms with Crippen molar-refractivity contribution in [2.45, 2.75) is 52.6 Å². The summed E-state index contributed by atoms with van der Waals surface area (Å²) in [5.74, 6) is -0.669. The minimum atomic E-state index is -0.802. The highest BCUT2D eigenvalue weighted by atomic mass is 16.6. The number of carboxylic acid groups (broad SMARTS) is 1. The average molecular weight is 319 g/mol. The van der Waals surface area contributed by atoms with Gasteiger partial charge >= 0.3 is 12.1 Å². The highest BCUT2D eigenvalue weighted by Gasteiger charge is 2.31. The average Bonchev–Trinajstić information content (AvgIpc) is 2.42. The van der Waals surface area contributed by atoms with E-state index >= 15 is 0 Å². The smallest absolute Gasteiger partial charge is 0.414 e. The summed E-state index contributed by atoms with van der Waals surface area (Å²) >= 11 is 0. The second-order valence-electron chi connectivity index (χ2n) is 7.23. The zero-order chi connectivity index (χ0) is 17.2. The molecule has 1 heterocycles. The molecule has 0 radical (unpaired) electrons. The number of carboxylic acids is 1. The number of benzene rings is 1. The quantitative estimate of drug-likeness (QED) is 0.921. The first-order valence-electron chi connectivity index (χ1n) is 7.97. The number of aliphatic carboxylic acids is 1. The molecule has 1 aromatic rings. The number of hydrogen-bond donors (Lipinski definition) is 1. The summed E-state index contributed by atoms with van der Waals surface area (Å²) in [6.07, 6.45) is 1.10. The van der Waals surface area contributed by atoms with Crippen LogP contribution < -0.4 is 4.90 Å². The van der Waals surface area contributed by atoms with Crippen molar-refractivity contribution in [3.05, 3.63) is 29.3 Å². The number of nitrogens with zero attached hydrogens (tertiary/aromatic N) is 1. The van der Waals surface area contributed by atoms with Gasteiger partial charge in [-0.15, -0.1) is 0 Å². The highest BCUT2D eigenvalue weighted by Crippen LogP contribution is 2.33. The van der Waals surface area contributed by atoms with Gasteiger partial charge in [-0.3, -0.25) is 9.69 Å².